The molecule has 0 saturated heterocycles. The summed E-state index contributed by atoms with van der Waals surface area (Å²) in [4.78, 5) is 0. The molecule has 0 nitrogen and oxygen atoms in total. The van der Waals surface area contributed by atoms with Crippen LogP contribution in [0, 0.1) is 11.8 Å². The van der Waals surface area contributed by atoms with Gasteiger partial charge in [0.05, 0.1) is 0 Å². The molecule has 0 heterocycles. The molecule has 0 heteroatoms. The Morgan fingerprint density at radius 3 is 2.62 bits per heavy atom. The van der Waals surface area contributed by atoms with Crippen molar-refractivity contribution in [2.75, 3.05) is 0 Å². The fraction of sp³-hybridized carbons (Fsp3) is 0.500. The van der Waals surface area contributed by atoms with Gasteiger partial charge in [0.2, 0.25) is 0 Å². The van der Waals surface area contributed by atoms with E-state index in [4.69, 9.17) is 0 Å². The van der Waals surface area contributed by atoms with Crippen molar-refractivity contribution < 1.29 is 0 Å². The Hall–Kier alpha value is -0.700. The second-order valence-corrected chi connectivity index (χ2v) is 1.74. The Morgan fingerprint density at radius 2 is 2.25 bits per heavy atom. The average Bonchev–Trinajstić information content (AvgIpc) is 1.83. The summed E-state index contributed by atoms with van der Waals surface area (Å²) in [5, 5.41) is 0. The summed E-state index contributed by atoms with van der Waals surface area (Å²) in [6.45, 7) is 6.06. The Bertz CT molecular complexity index is 130. The van der Waals surface area contributed by atoms with Gasteiger partial charge in [0.15, 0.2) is 0 Å². The van der Waals surface area contributed by atoms with E-state index in [2.05, 4.69) is 25.7 Å². The fourth-order valence-corrected chi connectivity index (χ4v) is 0.297. The van der Waals surface area contributed by atoms with Crippen molar-refractivity contribution in [3.63, 3.8) is 0 Å². The van der Waals surface area contributed by atoms with Crippen LogP contribution in [-0.4, -0.2) is 0 Å². The SMILES string of the molecule is CC#CC=C(C)CC. The first-order chi connectivity index (χ1) is 3.81. The maximum Gasteiger partial charge on any atom is -0.00235 e. The second kappa shape index (κ2) is 4.46. The Balaban J connectivity index is 3.69. The van der Waals surface area contributed by atoms with Gasteiger partial charge in [-0.1, -0.05) is 18.4 Å². The van der Waals surface area contributed by atoms with E-state index < -0.39 is 0 Å². The zero-order chi connectivity index (χ0) is 6.41. The third-order valence-corrected chi connectivity index (χ3v) is 1.02. The second-order valence-electron chi connectivity index (χ2n) is 1.74. The first-order valence-corrected chi connectivity index (χ1v) is 2.89. The van der Waals surface area contributed by atoms with E-state index in [0.717, 1.165) is 6.42 Å². The van der Waals surface area contributed by atoms with Gasteiger partial charge in [0, 0.05) is 0 Å². The van der Waals surface area contributed by atoms with Crippen LogP contribution in [0.1, 0.15) is 27.2 Å². The number of hydrogen-bond donors (Lipinski definition) is 0. The first-order valence-electron chi connectivity index (χ1n) is 2.89. The summed E-state index contributed by atoms with van der Waals surface area (Å²) in [5.74, 6) is 5.69. The van der Waals surface area contributed by atoms with Crippen molar-refractivity contribution in [1.29, 1.82) is 0 Å². The van der Waals surface area contributed by atoms with Crippen molar-refractivity contribution >= 4 is 0 Å². The van der Waals surface area contributed by atoms with Gasteiger partial charge in [-0.25, -0.2) is 0 Å². The van der Waals surface area contributed by atoms with Crippen LogP contribution in [0.2, 0.25) is 0 Å². The molecular formula is C8H12. The molecule has 0 aliphatic heterocycles. The zero-order valence-corrected chi connectivity index (χ0v) is 5.78. The van der Waals surface area contributed by atoms with Gasteiger partial charge in [-0.3, -0.25) is 0 Å². The number of rotatable bonds is 1. The summed E-state index contributed by atoms with van der Waals surface area (Å²) >= 11 is 0. The normalized spacial score (nSPS) is 10.1. The van der Waals surface area contributed by atoms with Crippen LogP contribution in [0.5, 0.6) is 0 Å². The average molecular weight is 108 g/mol. The van der Waals surface area contributed by atoms with Crippen molar-refractivity contribution in [2.24, 2.45) is 0 Å². The van der Waals surface area contributed by atoms with Gasteiger partial charge >= 0.3 is 0 Å². The largest absolute Gasteiger partial charge is 0.102 e. The molecule has 0 amide bonds. The molecule has 0 saturated carbocycles. The predicted octanol–water partition coefficient (Wildman–Crippen LogP) is 2.37. The van der Waals surface area contributed by atoms with Crippen LogP contribution >= 0.6 is 0 Å². The summed E-state index contributed by atoms with van der Waals surface area (Å²) in [6, 6.07) is 0. The molecule has 0 rings (SSSR count). The maximum absolute atomic E-state index is 2.89. The molecule has 8 heavy (non-hydrogen) atoms. The molecule has 0 aromatic carbocycles. The summed E-state index contributed by atoms with van der Waals surface area (Å²) in [6.07, 6.45) is 3.06. The molecule has 44 valence electrons. The third-order valence-electron chi connectivity index (χ3n) is 1.02. The molecule has 0 aliphatic rings. The Kier molecular flexibility index (Phi) is 4.07. The van der Waals surface area contributed by atoms with Crippen LogP contribution in [0.3, 0.4) is 0 Å². The standard InChI is InChI=1S/C8H12/c1-4-6-7-8(3)5-2/h7H,5H2,1-3H3. The molecule has 0 N–H and O–H groups in total. The summed E-state index contributed by atoms with van der Waals surface area (Å²) < 4.78 is 0. The lowest BCUT2D eigenvalue weighted by atomic mass is 10.2. The van der Waals surface area contributed by atoms with Crippen molar-refractivity contribution in [2.45, 2.75) is 27.2 Å². The van der Waals surface area contributed by atoms with Crippen LogP contribution in [0.25, 0.3) is 0 Å². The van der Waals surface area contributed by atoms with Crippen molar-refractivity contribution in [3.8, 4) is 11.8 Å². The molecule has 0 aromatic heterocycles. The number of hydrogen-bond acceptors (Lipinski definition) is 0. The quantitative estimate of drug-likeness (QED) is 0.452. The zero-order valence-electron chi connectivity index (χ0n) is 5.78. The van der Waals surface area contributed by atoms with E-state index in [1.165, 1.54) is 5.57 Å². The predicted molar refractivity (Wildman–Crippen MR) is 37.5 cm³/mol. The highest BCUT2D eigenvalue weighted by Gasteiger charge is 1.75. The molecule has 0 unspecified atom stereocenters. The van der Waals surface area contributed by atoms with Crippen LogP contribution in [-0.2, 0) is 0 Å². The van der Waals surface area contributed by atoms with Crippen LogP contribution in [0.4, 0.5) is 0 Å². The number of allylic oxidation sites excluding steroid dienone is 2. The first kappa shape index (κ1) is 7.30. The topological polar surface area (TPSA) is 0 Å². The molecule has 0 atom stereocenters. The van der Waals surface area contributed by atoms with Gasteiger partial charge in [-0.15, -0.1) is 5.92 Å². The molecular weight excluding hydrogens is 96.1 g/mol. The van der Waals surface area contributed by atoms with E-state index in [-0.39, 0.29) is 0 Å². The van der Waals surface area contributed by atoms with E-state index in [1.807, 2.05) is 13.0 Å². The third kappa shape index (κ3) is 3.49. The molecule has 0 bridgehead atoms. The monoisotopic (exact) mass is 108 g/mol. The molecule has 0 aliphatic carbocycles. The van der Waals surface area contributed by atoms with Crippen molar-refractivity contribution in [1.82, 2.24) is 0 Å². The minimum atomic E-state index is 1.11. The lowest BCUT2D eigenvalue weighted by molar-refractivity contribution is 1.10. The van der Waals surface area contributed by atoms with Gasteiger partial charge in [-0.2, -0.15) is 0 Å². The van der Waals surface area contributed by atoms with Gasteiger partial charge in [0.25, 0.3) is 0 Å². The van der Waals surface area contributed by atoms with E-state index >= 15 is 0 Å². The highest BCUT2D eigenvalue weighted by molar-refractivity contribution is 5.18. The smallest absolute Gasteiger partial charge is 0.00235 e. The lowest BCUT2D eigenvalue weighted by Crippen LogP contribution is -1.66. The van der Waals surface area contributed by atoms with Gasteiger partial charge < -0.3 is 0 Å². The summed E-state index contributed by atoms with van der Waals surface area (Å²) in [7, 11) is 0. The lowest BCUT2D eigenvalue weighted by Gasteiger charge is -1.85. The Labute approximate surface area is 51.6 Å². The minimum Gasteiger partial charge on any atom is -0.102 e. The molecule has 0 fully saturated rings. The highest BCUT2D eigenvalue weighted by atomic mass is 13.8. The maximum atomic E-state index is 2.89. The fourth-order valence-electron chi connectivity index (χ4n) is 0.297. The molecule has 0 spiro atoms. The van der Waals surface area contributed by atoms with Gasteiger partial charge in [0.1, 0.15) is 0 Å². The van der Waals surface area contributed by atoms with E-state index in [0.29, 0.717) is 0 Å². The minimum absolute atomic E-state index is 1.11. The van der Waals surface area contributed by atoms with E-state index in [1.54, 1.807) is 0 Å². The van der Waals surface area contributed by atoms with Gasteiger partial charge in [-0.05, 0) is 26.3 Å². The Morgan fingerprint density at radius 1 is 1.62 bits per heavy atom. The summed E-state index contributed by atoms with van der Waals surface area (Å²) in [5.41, 5.74) is 1.35. The van der Waals surface area contributed by atoms with E-state index in [9.17, 15) is 0 Å². The van der Waals surface area contributed by atoms with Crippen LogP contribution in [0.15, 0.2) is 11.6 Å². The van der Waals surface area contributed by atoms with Crippen LogP contribution < -0.4 is 0 Å². The van der Waals surface area contributed by atoms with Crippen molar-refractivity contribution in [3.05, 3.63) is 11.6 Å². The molecule has 0 radical (unpaired) electrons. The highest BCUT2D eigenvalue weighted by Crippen LogP contribution is 1.94. The molecule has 0 aromatic rings.